The van der Waals surface area contributed by atoms with Crippen molar-refractivity contribution in [3.05, 3.63) is 41.7 Å². The van der Waals surface area contributed by atoms with E-state index < -0.39 is 29.4 Å². The molecular weight excluding hydrogens is 429 g/mol. The molecule has 1 spiro atoms. The lowest BCUT2D eigenvalue weighted by Gasteiger charge is -2.37. The number of carbonyl (C=O) groups excluding carboxylic acids is 3. The number of amides is 3. The van der Waals surface area contributed by atoms with E-state index in [2.05, 4.69) is 5.32 Å². The molecule has 9 heteroatoms. The lowest BCUT2D eigenvalue weighted by Crippen LogP contribution is -2.49. The van der Waals surface area contributed by atoms with Crippen molar-refractivity contribution in [2.24, 2.45) is 11.8 Å². The zero-order valence-corrected chi connectivity index (χ0v) is 18.8. The number of anilines is 1. The van der Waals surface area contributed by atoms with Crippen LogP contribution in [-0.2, 0) is 19.1 Å². The smallest absolute Gasteiger partial charge is 0.409 e. The first-order chi connectivity index (χ1) is 15.8. The molecule has 0 aliphatic carbocycles. The van der Waals surface area contributed by atoms with Crippen LogP contribution in [0.25, 0.3) is 0 Å². The van der Waals surface area contributed by atoms with Gasteiger partial charge in [-0.2, -0.15) is 0 Å². The number of carbonyl (C=O) groups is 3. The molecule has 3 fully saturated rings. The molecule has 4 heterocycles. The third kappa shape index (κ3) is 3.58. The summed E-state index contributed by atoms with van der Waals surface area (Å²) in [6.45, 7) is 5.20. The summed E-state index contributed by atoms with van der Waals surface area (Å²) < 4.78 is 25.2. The molecule has 0 saturated carbocycles. The highest BCUT2D eigenvalue weighted by Gasteiger charge is 2.67. The summed E-state index contributed by atoms with van der Waals surface area (Å²) in [5, 5.41) is 2.77. The monoisotopic (exact) mass is 457 g/mol. The molecule has 176 valence electrons. The van der Waals surface area contributed by atoms with E-state index in [0.717, 1.165) is 0 Å². The van der Waals surface area contributed by atoms with Gasteiger partial charge in [0, 0.05) is 24.8 Å². The average molecular weight is 458 g/mol. The Morgan fingerprint density at radius 2 is 2.06 bits per heavy atom. The van der Waals surface area contributed by atoms with Crippen molar-refractivity contribution in [1.82, 2.24) is 9.80 Å². The minimum atomic E-state index is -0.805. The largest absolute Gasteiger partial charge is 0.450 e. The number of nitrogens with zero attached hydrogens (tertiary/aromatic N) is 2. The van der Waals surface area contributed by atoms with Gasteiger partial charge in [-0.1, -0.05) is 18.2 Å². The topological polar surface area (TPSA) is 88.2 Å². The van der Waals surface area contributed by atoms with E-state index in [-0.39, 0.29) is 23.9 Å². The fourth-order valence-electron chi connectivity index (χ4n) is 5.61. The van der Waals surface area contributed by atoms with E-state index >= 15 is 0 Å². The number of rotatable bonds is 4. The molecule has 2 bridgehead atoms. The number of piperidine rings is 1. The first-order valence-electron chi connectivity index (χ1n) is 11.5. The first kappa shape index (κ1) is 21.9. The van der Waals surface area contributed by atoms with Crippen LogP contribution in [0.15, 0.2) is 30.4 Å². The van der Waals surface area contributed by atoms with Gasteiger partial charge >= 0.3 is 6.09 Å². The van der Waals surface area contributed by atoms with Gasteiger partial charge in [0.25, 0.3) is 0 Å². The van der Waals surface area contributed by atoms with Crippen LogP contribution >= 0.6 is 0 Å². The minimum absolute atomic E-state index is 0.0193. The maximum absolute atomic E-state index is 13.9. The van der Waals surface area contributed by atoms with Gasteiger partial charge in [-0.25, -0.2) is 9.18 Å². The highest BCUT2D eigenvalue weighted by molar-refractivity contribution is 5.99. The second-order valence-electron chi connectivity index (χ2n) is 9.24. The Morgan fingerprint density at radius 3 is 2.76 bits per heavy atom. The van der Waals surface area contributed by atoms with E-state index in [0.29, 0.717) is 50.3 Å². The van der Waals surface area contributed by atoms with Gasteiger partial charge in [-0.15, -0.1) is 0 Å². The Labute approximate surface area is 191 Å². The molecule has 1 N–H and O–H groups in total. The van der Waals surface area contributed by atoms with Gasteiger partial charge in [0.05, 0.1) is 31.1 Å². The standard InChI is InChI=1S/C24H28FN3O5/c1-3-32-23(31)27-10-7-16(8-11-27)28-13-24-9-6-18(33-24)19(20(24)22(28)30)21(29)26-15-5-4-14(2)17(25)12-15/h4-6,9,12,16,18-20H,3,7-8,10-11,13H2,1-2H3,(H,26,29). The molecule has 0 radical (unpaired) electrons. The average Bonchev–Trinajstić information content (AvgIpc) is 3.45. The van der Waals surface area contributed by atoms with Crippen molar-refractivity contribution < 1.29 is 28.2 Å². The summed E-state index contributed by atoms with van der Waals surface area (Å²) >= 11 is 0. The highest BCUT2D eigenvalue weighted by atomic mass is 19.1. The zero-order chi connectivity index (χ0) is 23.3. The van der Waals surface area contributed by atoms with Gasteiger partial charge in [-0.05, 0) is 44.4 Å². The van der Waals surface area contributed by atoms with Crippen molar-refractivity contribution in [3.63, 3.8) is 0 Å². The van der Waals surface area contributed by atoms with Gasteiger partial charge < -0.3 is 24.6 Å². The molecule has 4 aliphatic rings. The van der Waals surface area contributed by atoms with Gasteiger partial charge in [-0.3, -0.25) is 9.59 Å². The van der Waals surface area contributed by atoms with Crippen LogP contribution in [0.4, 0.5) is 14.9 Å². The number of ether oxygens (including phenoxy) is 2. The molecule has 4 aliphatic heterocycles. The highest BCUT2D eigenvalue weighted by Crippen LogP contribution is 2.52. The van der Waals surface area contributed by atoms with E-state index in [1.165, 1.54) is 6.07 Å². The van der Waals surface area contributed by atoms with Crippen LogP contribution in [0.3, 0.4) is 0 Å². The van der Waals surface area contributed by atoms with Crippen molar-refractivity contribution in [1.29, 1.82) is 0 Å². The summed E-state index contributed by atoms with van der Waals surface area (Å²) in [5.41, 5.74) is 0.0481. The lowest BCUT2D eigenvalue weighted by atomic mass is 9.76. The van der Waals surface area contributed by atoms with Crippen molar-refractivity contribution >= 4 is 23.6 Å². The SMILES string of the molecule is CCOC(=O)N1CCC(N2CC34C=CC(O3)C(C(=O)Nc3ccc(C)c(F)c3)C4C2=O)CC1. The van der Waals surface area contributed by atoms with E-state index in [1.807, 2.05) is 17.1 Å². The molecule has 8 nitrogen and oxygen atoms in total. The molecule has 4 unspecified atom stereocenters. The quantitative estimate of drug-likeness (QED) is 0.702. The summed E-state index contributed by atoms with van der Waals surface area (Å²) in [6, 6.07) is 4.52. The molecule has 3 amide bonds. The Morgan fingerprint density at radius 1 is 1.30 bits per heavy atom. The van der Waals surface area contributed by atoms with Crippen molar-refractivity contribution in [3.8, 4) is 0 Å². The number of nitrogens with one attached hydrogen (secondary N) is 1. The van der Waals surface area contributed by atoms with Gasteiger partial charge in [0.1, 0.15) is 11.4 Å². The predicted octanol–water partition coefficient (Wildman–Crippen LogP) is 2.48. The molecule has 1 aromatic carbocycles. The molecule has 5 rings (SSSR count). The minimum Gasteiger partial charge on any atom is -0.450 e. The van der Waals surface area contributed by atoms with E-state index in [1.54, 1.807) is 30.9 Å². The Kier molecular flexibility index (Phi) is 5.39. The van der Waals surface area contributed by atoms with Crippen molar-refractivity contribution in [2.75, 3.05) is 31.6 Å². The zero-order valence-electron chi connectivity index (χ0n) is 18.8. The van der Waals surface area contributed by atoms with Crippen LogP contribution < -0.4 is 5.32 Å². The molecule has 1 aromatic rings. The number of aryl methyl sites for hydroxylation is 1. The number of hydrogen-bond donors (Lipinski definition) is 1. The predicted molar refractivity (Wildman–Crippen MR) is 117 cm³/mol. The Bertz CT molecular complexity index is 1020. The Hall–Kier alpha value is -2.94. The van der Waals surface area contributed by atoms with Gasteiger partial charge in [0.15, 0.2) is 0 Å². The maximum atomic E-state index is 13.9. The summed E-state index contributed by atoms with van der Waals surface area (Å²) in [5.74, 6) is -2.11. The summed E-state index contributed by atoms with van der Waals surface area (Å²) in [4.78, 5) is 42.2. The first-order valence-corrected chi connectivity index (χ1v) is 11.5. The molecule has 3 saturated heterocycles. The van der Waals surface area contributed by atoms with Crippen LogP contribution in [0, 0.1) is 24.6 Å². The maximum Gasteiger partial charge on any atom is 0.409 e. The number of likely N-dealkylation sites (tertiary alicyclic amines) is 2. The fraction of sp³-hybridized carbons (Fsp3) is 0.542. The molecule has 33 heavy (non-hydrogen) atoms. The third-order valence-electron chi connectivity index (χ3n) is 7.30. The number of hydrogen-bond acceptors (Lipinski definition) is 5. The van der Waals surface area contributed by atoms with Crippen molar-refractivity contribution in [2.45, 2.75) is 44.4 Å². The number of fused-ring (bicyclic) bond motifs is 1. The third-order valence-corrected chi connectivity index (χ3v) is 7.30. The molecule has 4 atom stereocenters. The van der Waals surface area contributed by atoms with E-state index in [4.69, 9.17) is 9.47 Å². The van der Waals surface area contributed by atoms with Crippen LogP contribution in [-0.4, -0.2) is 71.7 Å². The number of benzene rings is 1. The summed E-state index contributed by atoms with van der Waals surface area (Å²) in [6.07, 6.45) is 4.29. The number of halogens is 1. The fourth-order valence-corrected chi connectivity index (χ4v) is 5.61. The molecule has 0 aromatic heterocycles. The second kappa shape index (κ2) is 8.13. The summed E-state index contributed by atoms with van der Waals surface area (Å²) in [7, 11) is 0. The lowest BCUT2D eigenvalue weighted by molar-refractivity contribution is -0.138. The van der Waals surface area contributed by atoms with Crippen LogP contribution in [0.5, 0.6) is 0 Å². The molecular formula is C24H28FN3O5. The second-order valence-corrected chi connectivity index (χ2v) is 9.24. The Balaban J connectivity index is 1.29. The van der Waals surface area contributed by atoms with Gasteiger partial charge in [0.2, 0.25) is 11.8 Å². The van der Waals surface area contributed by atoms with Crippen LogP contribution in [0.1, 0.15) is 25.3 Å². The van der Waals surface area contributed by atoms with E-state index in [9.17, 15) is 18.8 Å². The normalized spacial score (nSPS) is 30.6. The van der Waals surface area contributed by atoms with Crippen LogP contribution in [0.2, 0.25) is 0 Å².